The van der Waals surface area contributed by atoms with Crippen molar-refractivity contribution in [3.05, 3.63) is 54.6 Å². The van der Waals surface area contributed by atoms with Crippen LogP contribution in [0, 0.1) is 0 Å². The summed E-state index contributed by atoms with van der Waals surface area (Å²) in [6.07, 6.45) is 8.44. The van der Waals surface area contributed by atoms with Crippen LogP contribution in [0.2, 0.25) is 0 Å². The molecule has 0 radical (unpaired) electrons. The van der Waals surface area contributed by atoms with Crippen molar-refractivity contribution in [3.63, 3.8) is 0 Å². The minimum absolute atomic E-state index is 0.0628. The largest absolute Gasteiger partial charge is 0.374 e. The van der Waals surface area contributed by atoms with Gasteiger partial charge in [-0.2, -0.15) is 14.5 Å². The Morgan fingerprint density at radius 3 is 2.69 bits per heavy atom. The van der Waals surface area contributed by atoms with Crippen LogP contribution in [0.5, 0.6) is 0 Å². The molecule has 1 fully saturated rings. The molecule has 4 aromatic heterocycles. The van der Waals surface area contributed by atoms with Gasteiger partial charge >= 0.3 is 0 Å². The number of rotatable bonds is 9. The van der Waals surface area contributed by atoms with Crippen LogP contribution in [0.15, 0.2) is 49.1 Å². The maximum atomic E-state index is 11.4. The highest BCUT2D eigenvalue weighted by molar-refractivity contribution is 7.88. The van der Waals surface area contributed by atoms with E-state index >= 15 is 0 Å². The van der Waals surface area contributed by atoms with Crippen LogP contribution in [0.3, 0.4) is 0 Å². The molecule has 0 amide bonds. The first-order valence-electron chi connectivity index (χ1n) is 11.7. The summed E-state index contributed by atoms with van der Waals surface area (Å²) in [4.78, 5) is 9.26. The lowest BCUT2D eigenvalue weighted by molar-refractivity contribution is -0.0233. The minimum Gasteiger partial charge on any atom is -0.374 e. The maximum absolute atomic E-state index is 11.4. The molecule has 0 unspecified atom stereocenters. The predicted molar refractivity (Wildman–Crippen MR) is 136 cm³/mol. The van der Waals surface area contributed by atoms with Crippen LogP contribution in [0.25, 0.3) is 22.2 Å². The Kier molecular flexibility index (Phi) is 6.65. The van der Waals surface area contributed by atoms with Crippen molar-refractivity contribution in [2.45, 2.75) is 32.4 Å². The summed E-state index contributed by atoms with van der Waals surface area (Å²) in [5.41, 5.74) is 4.47. The summed E-state index contributed by atoms with van der Waals surface area (Å²) < 4.78 is 31.9. The topological polar surface area (TPSA) is 128 Å². The average Bonchev–Trinajstić information content (AvgIpc) is 3.28. The lowest BCUT2D eigenvalue weighted by Gasteiger charge is -2.36. The first kappa shape index (κ1) is 24.2. The van der Waals surface area contributed by atoms with Gasteiger partial charge in [0.25, 0.3) is 0 Å². The molecule has 4 aromatic rings. The zero-order valence-corrected chi connectivity index (χ0v) is 21.2. The molecule has 1 saturated heterocycles. The summed E-state index contributed by atoms with van der Waals surface area (Å²) >= 11 is 0. The number of pyridine rings is 2. The Labute approximate surface area is 209 Å². The van der Waals surface area contributed by atoms with Crippen molar-refractivity contribution in [2.75, 3.05) is 31.3 Å². The van der Waals surface area contributed by atoms with E-state index in [-0.39, 0.29) is 6.10 Å². The van der Waals surface area contributed by atoms with E-state index in [1.165, 1.54) is 10.6 Å². The second-order valence-corrected chi connectivity index (χ2v) is 11.2. The first-order chi connectivity index (χ1) is 17.2. The van der Waals surface area contributed by atoms with E-state index in [1.54, 1.807) is 23.3 Å². The third-order valence-electron chi connectivity index (χ3n) is 6.06. The zero-order valence-electron chi connectivity index (χ0n) is 20.4. The SMILES string of the molecule is CC(C)c1cnnc(Nc2ccc3ncc(-c4cnn(CCOC5CN(S(C)(=O)=O)C5)c4)cc3n2)c1. The van der Waals surface area contributed by atoms with Crippen LogP contribution in [0.4, 0.5) is 11.6 Å². The van der Waals surface area contributed by atoms with Crippen LogP contribution in [0.1, 0.15) is 25.3 Å². The number of hydrogen-bond donors (Lipinski definition) is 1. The molecule has 0 saturated carbocycles. The van der Waals surface area contributed by atoms with E-state index < -0.39 is 10.0 Å². The number of sulfonamides is 1. The van der Waals surface area contributed by atoms with Crippen LogP contribution >= 0.6 is 0 Å². The van der Waals surface area contributed by atoms with Gasteiger partial charge in [0.1, 0.15) is 5.82 Å². The normalized spacial score (nSPS) is 14.9. The molecule has 188 valence electrons. The van der Waals surface area contributed by atoms with Crippen molar-refractivity contribution in [1.82, 2.24) is 34.3 Å². The second kappa shape index (κ2) is 9.88. The van der Waals surface area contributed by atoms with Gasteiger partial charge in [0, 0.05) is 36.6 Å². The lowest BCUT2D eigenvalue weighted by Crippen LogP contribution is -2.54. The van der Waals surface area contributed by atoms with Crippen molar-refractivity contribution in [2.24, 2.45) is 0 Å². The van der Waals surface area contributed by atoms with Gasteiger partial charge < -0.3 is 10.1 Å². The molecule has 1 N–H and O–H groups in total. The third kappa shape index (κ3) is 5.50. The lowest BCUT2D eigenvalue weighted by atomic mass is 10.1. The fourth-order valence-electron chi connectivity index (χ4n) is 3.85. The Bertz CT molecular complexity index is 1480. The predicted octanol–water partition coefficient (Wildman–Crippen LogP) is 2.81. The molecule has 12 heteroatoms. The molecule has 0 atom stereocenters. The van der Waals surface area contributed by atoms with Gasteiger partial charge in [-0.15, -0.1) is 5.10 Å². The van der Waals surface area contributed by atoms with Crippen molar-refractivity contribution < 1.29 is 13.2 Å². The molecule has 1 aliphatic heterocycles. The number of aromatic nitrogens is 6. The summed E-state index contributed by atoms with van der Waals surface area (Å²) in [7, 11) is -3.13. The molecule has 11 nitrogen and oxygen atoms in total. The first-order valence-corrected chi connectivity index (χ1v) is 13.6. The van der Waals surface area contributed by atoms with Gasteiger partial charge in [0.15, 0.2) is 5.82 Å². The van der Waals surface area contributed by atoms with E-state index in [2.05, 4.69) is 39.4 Å². The number of hydrogen-bond acceptors (Lipinski definition) is 9. The Morgan fingerprint density at radius 2 is 1.92 bits per heavy atom. The fourth-order valence-corrected chi connectivity index (χ4v) is 4.72. The van der Waals surface area contributed by atoms with Crippen LogP contribution in [-0.4, -0.2) is 74.7 Å². The highest BCUT2D eigenvalue weighted by Crippen LogP contribution is 2.24. The molecule has 0 bridgehead atoms. The molecule has 5 rings (SSSR count). The molecule has 0 aliphatic carbocycles. The standard InChI is InChI=1S/C24H28N8O3S/c1-16(2)17-9-24(30-26-11-17)29-23-5-4-21-22(28-23)8-18(10-25-21)19-12-27-31(13-19)6-7-35-20-14-32(15-20)36(3,33)34/h4-5,8-13,16,20H,6-7,14-15H2,1-3H3,(H,28,29,30). The summed E-state index contributed by atoms with van der Waals surface area (Å²) in [6.45, 7) is 6.06. The summed E-state index contributed by atoms with van der Waals surface area (Å²) in [6, 6.07) is 7.74. The van der Waals surface area contributed by atoms with Crippen molar-refractivity contribution in [3.8, 4) is 11.1 Å². The van der Waals surface area contributed by atoms with Gasteiger partial charge in [-0.25, -0.2) is 13.4 Å². The van der Waals surface area contributed by atoms with Crippen LogP contribution < -0.4 is 5.32 Å². The molecule has 0 spiro atoms. The van der Waals surface area contributed by atoms with Gasteiger partial charge in [-0.1, -0.05) is 13.8 Å². The van der Waals surface area contributed by atoms with Crippen molar-refractivity contribution in [1.29, 1.82) is 0 Å². The van der Waals surface area contributed by atoms with E-state index in [0.717, 1.165) is 27.7 Å². The van der Waals surface area contributed by atoms with E-state index in [4.69, 9.17) is 9.72 Å². The number of nitrogens with zero attached hydrogens (tertiary/aromatic N) is 7. The molecular formula is C24H28N8O3S. The average molecular weight is 509 g/mol. The molecule has 0 aromatic carbocycles. The molecule has 36 heavy (non-hydrogen) atoms. The zero-order chi connectivity index (χ0) is 25.3. The minimum atomic E-state index is -3.13. The number of fused-ring (bicyclic) bond motifs is 1. The summed E-state index contributed by atoms with van der Waals surface area (Å²) in [5.74, 6) is 1.66. The quantitative estimate of drug-likeness (QED) is 0.363. The monoisotopic (exact) mass is 508 g/mol. The van der Waals surface area contributed by atoms with Crippen molar-refractivity contribution >= 4 is 32.7 Å². The van der Waals surface area contributed by atoms with E-state index in [9.17, 15) is 8.42 Å². The van der Waals surface area contributed by atoms with E-state index in [0.29, 0.717) is 43.8 Å². The Hall–Kier alpha value is -3.48. The van der Waals surface area contributed by atoms with E-state index in [1.807, 2.05) is 30.5 Å². The molecule has 1 aliphatic rings. The Balaban J connectivity index is 1.23. The van der Waals surface area contributed by atoms with Crippen LogP contribution in [-0.2, 0) is 21.3 Å². The number of anilines is 2. The van der Waals surface area contributed by atoms with Gasteiger partial charge in [0.2, 0.25) is 10.0 Å². The smallest absolute Gasteiger partial charge is 0.211 e. The van der Waals surface area contributed by atoms with Gasteiger partial charge in [-0.05, 0) is 35.7 Å². The molecular weight excluding hydrogens is 480 g/mol. The molecule has 5 heterocycles. The number of nitrogens with one attached hydrogen (secondary N) is 1. The van der Waals surface area contributed by atoms with Gasteiger partial charge in [-0.3, -0.25) is 9.67 Å². The highest BCUT2D eigenvalue weighted by Gasteiger charge is 2.33. The fraction of sp³-hybridized carbons (Fsp3) is 0.375. The Morgan fingerprint density at radius 1 is 1.08 bits per heavy atom. The maximum Gasteiger partial charge on any atom is 0.211 e. The number of ether oxygens (including phenoxy) is 1. The summed E-state index contributed by atoms with van der Waals surface area (Å²) in [5, 5.41) is 15.9. The highest BCUT2D eigenvalue weighted by atomic mass is 32.2. The van der Waals surface area contributed by atoms with Gasteiger partial charge in [0.05, 0.1) is 48.9 Å². The second-order valence-electron chi connectivity index (χ2n) is 9.18. The third-order valence-corrected chi connectivity index (χ3v) is 7.30.